The quantitative estimate of drug-likeness (QED) is 0.367. The highest BCUT2D eigenvalue weighted by Gasteiger charge is 2.16. The lowest BCUT2D eigenvalue weighted by Crippen LogP contribution is -1.92. The van der Waals surface area contributed by atoms with Gasteiger partial charge in [0, 0.05) is 16.3 Å². The molecule has 0 aliphatic heterocycles. The number of hydrogen-bond acceptors (Lipinski definition) is 3. The summed E-state index contributed by atoms with van der Waals surface area (Å²) in [7, 11) is 0. The molecule has 0 heterocycles. The van der Waals surface area contributed by atoms with Gasteiger partial charge in [0.15, 0.2) is 0 Å². The lowest BCUT2D eigenvalue weighted by atomic mass is 10.2. The van der Waals surface area contributed by atoms with Gasteiger partial charge in [-0.15, -0.1) is 0 Å². The van der Waals surface area contributed by atoms with Crippen molar-refractivity contribution >= 4 is 56.6 Å². The SMILES string of the molecule is O=[N+]([O-])c1cc(CBr)ccc1Sc1ccc(Cl)c(Cl)c1. The van der Waals surface area contributed by atoms with E-state index in [1.807, 2.05) is 6.07 Å². The van der Waals surface area contributed by atoms with Crippen LogP contribution in [0.5, 0.6) is 0 Å². The molecular formula is C13H8BrCl2NO2S. The largest absolute Gasteiger partial charge is 0.283 e. The number of nitro groups is 1. The van der Waals surface area contributed by atoms with Gasteiger partial charge in [-0.3, -0.25) is 10.1 Å². The molecule has 0 radical (unpaired) electrons. The summed E-state index contributed by atoms with van der Waals surface area (Å²) in [6.45, 7) is 0. The molecule has 3 nitrogen and oxygen atoms in total. The van der Waals surface area contributed by atoms with Crippen molar-refractivity contribution < 1.29 is 4.92 Å². The molecule has 104 valence electrons. The zero-order valence-electron chi connectivity index (χ0n) is 9.98. The molecule has 0 N–H and O–H groups in total. The van der Waals surface area contributed by atoms with E-state index < -0.39 is 0 Å². The Kier molecular flexibility index (Phi) is 5.32. The molecule has 0 amide bonds. The van der Waals surface area contributed by atoms with Crippen molar-refractivity contribution in [1.29, 1.82) is 0 Å². The molecule has 0 aliphatic carbocycles. The van der Waals surface area contributed by atoms with Gasteiger partial charge in [-0.2, -0.15) is 0 Å². The van der Waals surface area contributed by atoms with Crippen molar-refractivity contribution in [2.24, 2.45) is 0 Å². The van der Waals surface area contributed by atoms with Crippen LogP contribution in [0.3, 0.4) is 0 Å². The van der Waals surface area contributed by atoms with Crippen molar-refractivity contribution in [3.8, 4) is 0 Å². The van der Waals surface area contributed by atoms with Crippen LogP contribution >= 0.6 is 50.9 Å². The predicted molar refractivity (Wildman–Crippen MR) is 86.3 cm³/mol. The summed E-state index contributed by atoms with van der Waals surface area (Å²) < 4.78 is 0. The first-order chi connectivity index (χ1) is 9.51. The summed E-state index contributed by atoms with van der Waals surface area (Å²) in [5.41, 5.74) is 0.938. The molecule has 0 unspecified atom stereocenters. The second-order valence-electron chi connectivity index (χ2n) is 3.87. The second-order valence-corrected chi connectivity index (χ2v) is 6.36. The number of halogens is 3. The van der Waals surface area contributed by atoms with Crippen LogP contribution in [-0.2, 0) is 5.33 Å². The first-order valence-corrected chi connectivity index (χ1v) is 8.17. The van der Waals surface area contributed by atoms with Crippen molar-refractivity contribution in [2.75, 3.05) is 0 Å². The average molecular weight is 393 g/mol. The minimum Gasteiger partial charge on any atom is -0.258 e. The van der Waals surface area contributed by atoms with Crippen LogP contribution in [0.25, 0.3) is 0 Å². The summed E-state index contributed by atoms with van der Waals surface area (Å²) in [6.07, 6.45) is 0. The fourth-order valence-electron chi connectivity index (χ4n) is 1.54. The van der Waals surface area contributed by atoms with E-state index in [0.717, 1.165) is 10.5 Å². The number of hydrogen-bond donors (Lipinski definition) is 0. The number of nitro benzene ring substituents is 1. The van der Waals surface area contributed by atoms with E-state index in [4.69, 9.17) is 23.2 Å². The van der Waals surface area contributed by atoms with Gasteiger partial charge in [0.25, 0.3) is 5.69 Å². The Labute approximate surface area is 138 Å². The van der Waals surface area contributed by atoms with Crippen molar-refractivity contribution in [3.63, 3.8) is 0 Å². The van der Waals surface area contributed by atoms with Crippen molar-refractivity contribution in [3.05, 3.63) is 62.1 Å². The van der Waals surface area contributed by atoms with Crippen LogP contribution in [0, 0.1) is 10.1 Å². The Bertz CT molecular complexity index is 667. The lowest BCUT2D eigenvalue weighted by Gasteiger charge is -2.05. The van der Waals surface area contributed by atoms with Crippen LogP contribution in [0.2, 0.25) is 10.0 Å². The van der Waals surface area contributed by atoms with E-state index >= 15 is 0 Å². The van der Waals surface area contributed by atoms with Gasteiger partial charge in [-0.05, 0) is 29.8 Å². The zero-order chi connectivity index (χ0) is 14.7. The van der Waals surface area contributed by atoms with E-state index in [9.17, 15) is 10.1 Å². The molecule has 0 fully saturated rings. The highest BCUT2D eigenvalue weighted by Crippen LogP contribution is 2.37. The Morgan fingerprint density at radius 2 is 1.90 bits per heavy atom. The Hall–Kier alpha value is -0.750. The summed E-state index contributed by atoms with van der Waals surface area (Å²) in [5.74, 6) is 0. The maximum Gasteiger partial charge on any atom is 0.283 e. The Balaban J connectivity index is 2.37. The smallest absolute Gasteiger partial charge is 0.258 e. The first kappa shape index (κ1) is 15.6. The van der Waals surface area contributed by atoms with Crippen LogP contribution < -0.4 is 0 Å². The molecule has 2 rings (SSSR count). The van der Waals surface area contributed by atoms with E-state index in [0.29, 0.717) is 20.3 Å². The minimum atomic E-state index is -0.383. The molecule has 7 heteroatoms. The van der Waals surface area contributed by atoms with Crippen LogP contribution in [0.4, 0.5) is 5.69 Å². The van der Waals surface area contributed by atoms with Gasteiger partial charge < -0.3 is 0 Å². The summed E-state index contributed by atoms with van der Waals surface area (Å²) in [5, 5.41) is 12.6. The third-order valence-corrected chi connectivity index (χ3v) is 4.93. The van der Waals surface area contributed by atoms with E-state index in [1.165, 1.54) is 11.8 Å². The molecule has 0 aromatic heterocycles. The Morgan fingerprint density at radius 3 is 2.50 bits per heavy atom. The lowest BCUT2D eigenvalue weighted by molar-refractivity contribution is -0.387. The summed E-state index contributed by atoms with van der Waals surface area (Å²) >= 11 is 16.4. The normalized spacial score (nSPS) is 10.6. The van der Waals surface area contributed by atoms with Crippen LogP contribution in [0.15, 0.2) is 46.2 Å². The first-order valence-electron chi connectivity index (χ1n) is 5.47. The Morgan fingerprint density at radius 1 is 1.15 bits per heavy atom. The van der Waals surface area contributed by atoms with Crippen LogP contribution in [0.1, 0.15) is 5.56 Å². The second kappa shape index (κ2) is 6.80. The number of nitrogens with zero attached hydrogens (tertiary/aromatic N) is 1. The molecule has 0 aliphatic rings. The zero-order valence-corrected chi connectivity index (χ0v) is 13.9. The van der Waals surface area contributed by atoms with Crippen LogP contribution in [-0.4, -0.2) is 4.92 Å². The summed E-state index contributed by atoms with van der Waals surface area (Å²) in [4.78, 5) is 12.1. The monoisotopic (exact) mass is 391 g/mol. The molecule has 20 heavy (non-hydrogen) atoms. The highest BCUT2D eigenvalue weighted by molar-refractivity contribution is 9.08. The summed E-state index contributed by atoms with van der Waals surface area (Å²) in [6, 6.07) is 10.3. The molecular weight excluding hydrogens is 385 g/mol. The molecule has 0 spiro atoms. The highest BCUT2D eigenvalue weighted by atomic mass is 79.9. The van der Waals surface area contributed by atoms with Gasteiger partial charge in [-0.25, -0.2) is 0 Å². The number of benzene rings is 2. The van der Waals surface area contributed by atoms with Gasteiger partial charge in [0.05, 0.1) is 19.9 Å². The predicted octanol–water partition coefficient (Wildman–Crippen LogP) is 5.95. The minimum absolute atomic E-state index is 0.0815. The standard InChI is InChI=1S/C13H8BrCl2NO2S/c14-7-8-1-4-13(12(5-8)17(18)19)20-9-2-3-10(15)11(16)6-9/h1-6H,7H2. The van der Waals surface area contributed by atoms with Crippen molar-refractivity contribution in [1.82, 2.24) is 0 Å². The molecule has 0 bridgehead atoms. The molecule has 2 aromatic carbocycles. The third-order valence-electron chi connectivity index (χ3n) is 2.49. The average Bonchev–Trinajstić information content (AvgIpc) is 2.43. The third kappa shape index (κ3) is 3.67. The van der Waals surface area contributed by atoms with Crippen molar-refractivity contribution in [2.45, 2.75) is 15.1 Å². The molecule has 2 aromatic rings. The molecule has 0 saturated carbocycles. The van der Waals surface area contributed by atoms with Gasteiger partial charge in [0.1, 0.15) is 0 Å². The fourth-order valence-corrected chi connectivity index (χ4v) is 3.19. The molecule has 0 atom stereocenters. The maximum atomic E-state index is 11.1. The number of alkyl halides is 1. The van der Waals surface area contributed by atoms with E-state index in [1.54, 1.807) is 30.3 Å². The number of rotatable bonds is 4. The fraction of sp³-hybridized carbons (Fsp3) is 0.0769. The maximum absolute atomic E-state index is 11.1. The van der Waals surface area contributed by atoms with Gasteiger partial charge in [0.2, 0.25) is 0 Å². The van der Waals surface area contributed by atoms with Gasteiger partial charge >= 0.3 is 0 Å². The van der Waals surface area contributed by atoms with E-state index in [-0.39, 0.29) is 10.6 Å². The van der Waals surface area contributed by atoms with Gasteiger partial charge in [-0.1, -0.05) is 57.0 Å². The topological polar surface area (TPSA) is 43.1 Å². The molecule has 0 saturated heterocycles. The van der Waals surface area contributed by atoms with E-state index in [2.05, 4.69) is 15.9 Å².